The normalized spacial score (nSPS) is 20.6. The van der Waals surface area contributed by atoms with Crippen LogP contribution in [0.25, 0.3) is 0 Å². The Morgan fingerprint density at radius 1 is 1.33 bits per heavy atom. The van der Waals surface area contributed by atoms with E-state index in [0.717, 1.165) is 18.5 Å². The average molecular weight is 245 g/mol. The van der Waals surface area contributed by atoms with Crippen LogP contribution in [0.3, 0.4) is 0 Å². The summed E-state index contributed by atoms with van der Waals surface area (Å²) in [5, 5.41) is 8.96. The number of rotatable bonds is 2. The molecule has 3 rings (SSSR count). The molecule has 1 aliphatic carbocycles. The van der Waals surface area contributed by atoms with E-state index in [1.54, 1.807) is 4.90 Å². The van der Waals surface area contributed by atoms with Crippen LogP contribution in [-0.4, -0.2) is 23.5 Å². The van der Waals surface area contributed by atoms with Crippen LogP contribution in [0.4, 0.5) is 5.69 Å². The number of amides is 1. The van der Waals surface area contributed by atoms with Crippen molar-refractivity contribution in [3.63, 3.8) is 0 Å². The van der Waals surface area contributed by atoms with E-state index in [9.17, 15) is 9.59 Å². The van der Waals surface area contributed by atoms with Gasteiger partial charge in [0.15, 0.2) is 0 Å². The van der Waals surface area contributed by atoms with Gasteiger partial charge in [-0.15, -0.1) is 0 Å². The molecule has 1 aromatic rings. The predicted molar refractivity (Wildman–Crippen MR) is 66.5 cm³/mol. The highest BCUT2D eigenvalue weighted by atomic mass is 16.4. The first kappa shape index (κ1) is 11.3. The summed E-state index contributed by atoms with van der Waals surface area (Å²) in [6, 6.07) is 7.84. The molecule has 18 heavy (non-hydrogen) atoms. The van der Waals surface area contributed by atoms with Crippen LogP contribution < -0.4 is 4.90 Å². The van der Waals surface area contributed by atoms with Crippen molar-refractivity contribution in [2.75, 3.05) is 11.4 Å². The molecule has 1 atom stereocenters. The third kappa shape index (κ3) is 1.45. The van der Waals surface area contributed by atoms with Gasteiger partial charge < -0.3 is 10.0 Å². The first-order valence-electron chi connectivity index (χ1n) is 6.19. The van der Waals surface area contributed by atoms with Crippen molar-refractivity contribution in [3.8, 4) is 0 Å². The molecule has 4 nitrogen and oxygen atoms in total. The van der Waals surface area contributed by atoms with Crippen molar-refractivity contribution in [1.29, 1.82) is 0 Å². The minimum Gasteiger partial charge on any atom is -0.481 e. The summed E-state index contributed by atoms with van der Waals surface area (Å²) in [6.45, 7) is 2.09. The minimum absolute atomic E-state index is 0.116. The van der Waals surface area contributed by atoms with Gasteiger partial charge in [-0.05, 0) is 31.4 Å². The van der Waals surface area contributed by atoms with Crippen LogP contribution in [-0.2, 0) is 15.0 Å². The third-order valence-electron chi connectivity index (χ3n) is 4.09. The van der Waals surface area contributed by atoms with Crippen molar-refractivity contribution in [3.05, 3.63) is 29.8 Å². The molecule has 1 unspecified atom stereocenters. The maximum Gasteiger partial charge on any atom is 0.315 e. The second kappa shape index (κ2) is 3.57. The van der Waals surface area contributed by atoms with Crippen LogP contribution in [0.5, 0.6) is 0 Å². The molecule has 1 amide bonds. The molecule has 2 aliphatic rings. The molecule has 0 bridgehead atoms. The van der Waals surface area contributed by atoms with Gasteiger partial charge >= 0.3 is 5.97 Å². The lowest BCUT2D eigenvalue weighted by Crippen LogP contribution is -2.38. The number of anilines is 1. The van der Waals surface area contributed by atoms with Crippen LogP contribution >= 0.6 is 0 Å². The highest BCUT2D eigenvalue weighted by Crippen LogP contribution is 2.56. The molecular formula is C14H15NO3. The molecule has 4 heteroatoms. The van der Waals surface area contributed by atoms with Gasteiger partial charge in [0.2, 0.25) is 5.91 Å². The fourth-order valence-corrected chi connectivity index (χ4v) is 2.74. The maximum atomic E-state index is 12.2. The van der Waals surface area contributed by atoms with Crippen molar-refractivity contribution in [2.24, 2.45) is 5.92 Å². The number of carboxylic acid groups (broad SMARTS) is 1. The Kier molecular flexibility index (Phi) is 2.24. The van der Waals surface area contributed by atoms with E-state index in [0.29, 0.717) is 6.54 Å². The first-order valence-corrected chi connectivity index (χ1v) is 6.19. The standard InChI is InChI=1S/C14H15NO3/c1-9(13(17)18)12(16)15-8-14(6-7-14)10-4-2-3-5-11(10)15/h2-5,9H,6-8H2,1H3,(H,17,18). The average Bonchev–Trinajstić information content (AvgIpc) is 3.07. The Labute approximate surface area is 105 Å². The van der Waals surface area contributed by atoms with Crippen LogP contribution in [0.15, 0.2) is 24.3 Å². The van der Waals surface area contributed by atoms with E-state index in [-0.39, 0.29) is 11.3 Å². The SMILES string of the molecule is CC(C(=O)O)C(=O)N1CC2(CC2)c2ccccc21. The van der Waals surface area contributed by atoms with Crippen molar-refractivity contribution in [1.82, 2.24) is 0 Å². The van der Waals surface area contributed by atoms with Gasteiger partial charge in [0.1, 0.15) is 5.92 Å². The molecule has 0 radical (unpaired) electrons. The van der Waals surface area contributed by atoms with E-state index in [4.69, 9.17) is 5.11 Å². The van der Waals surface area contributed by atoms with Gasteiger partial charge in [-0.2, -0.15) is 0 Å². The Morgan fingerprint density at radius 3 is 2.61 bits per heavy atom. The fraction of sp³-hybridized carbons (Fsp3) is 0.429. The van der Waals surface area contributed by atoms with Crippen molar-refractivity contribution < 1.29 is 14.7 Å². The number of benzene rings is 1. The maximum absolute atomic E-state index is 12.2. The number of carbonyl (C=O) groups is 2. The molecule has 0 saturated heterocycles. The van der Waals surface area contributed by atoms with E-state index >= 15 is 0 Å². The molecule has 1 fully saturated rings. The summed E-state index contributed by atoms with van der Waals surface area (Å²) in [6.07, 6.45) is 2.19. The zero-order valence-electron chi connectivity index (χ0n) is 10.2. The van der Waals surface area contributed by atoms with Crippen LogP contribution in [0, 0.1) is 5.92 Å². The van der Waals surface area contributed by atoms with Gasteiger partial charge in [0.25, 0.3) is 0 Å². The Morgan fingerprint density at radius 2 is 2.00 bits per heavy atom. The zero-order chi connectivity index (χ0) is 12.9. The van der Waals surface area contributed by atoms with Gasteiger partial charge in [-0.25, -0.2) is 0 Å². The Balaban J connectivity index is 1.97. The lowest BCUT2D eigenvalue weighted by Gasteiger charge is -2.20. The van der Waals surface area contributed by atoms with Gasteiger partial charge in [0, 0.05) is 17.6 Å². The molecule has 1 heterocycles. The summed E-state index contributed by atoms with van der Waals surface area (Å²) < 4.78 is 0. The number of carboxylic acids is 1. The number of nitrogens with zero attached hydrogens (tertiary/aromatic N) is 1. The minimum atomic E-state index is -1.06. The second-order valence-corrected chi connectivity index (χ2v) is 5.28. The number of hydrogen-bond donors (Lipinski definition) is 1. The summed E-state index contributed by atoms with van der Waals surface area (Å²) in [5.74, 6) is -2.35. The topological polar surface area (TPSA) is 57.6 Å². The quantitative estimate of drug-likeness (QED) is 0.808. The summed E-state index contributed by atoms with van der Waals surface area (Å²) in [5.41, 5.74) is 2.22. The highest BCUT2D eigenvalue weighted by molar-refractivity contribution is 6.06. The molecule has 1 saturated carbocycles. The van der Waals surface area contributed by atoms with Crippen LogP contribution in [0.2, 0.25) is 0 Å². The molecule has 1 aromatic carbocycles. The molecule has 1 N–H and O–H groups in total. The Hall–Kier alpha value is -1.84. The monoisotopic (exact) mass is 245 g/mol. The van der Waals surface area contributed by atoms with Crippen molar-refractivity contribution in [2.45, 2.75) is 25.2 Å². The van der Waals surface area contributed by atoms with E-state index < -0.39 is 11.9 Å². The first-order chi connectivity index (χ1) is 8.55. The number of hydrogen-bond acceptors (Lipinski definition) is 2. The molecule has 0 aromatic heterocycles. The zero-order valence-corrected chi connectivity index (χ0v) is 10.2. The lowest BCUT2D eigenvalue weighted by atomic mass is 9.99. The molecular weight excluding hydrogens is 230 g/mol. The largest absolute Gasteiger partial charge is 0.481 e. The van der Waals surface area contributed by atoms with Gasteiger partial charge in [-0.1, -0.05) is 18.2 Å². The molecule has 1 spiro atoms. The highest BCUT2D eigenvalue weighted by Gasteiger charge is 2.53. The van der Waals surface area contributed by atoms with Crippen LogP contribution in [0.1, 0.15) is 25.3 Å². The van der Waals surface area contributed by atoms with E-state index in [2.05, 4.69) is 6.07 Å². The smallest absolute Gasteiger partial charge is 0.315 e. The summed E-state index contributed by atoms with van der Waals surface area (Å²) >= 11 is 0. The van der Waals surface area contributed by atoms with E-state index in [1.807, 2.05) is 18.2 Å². The third-order valence-corrected chi connectivity index (χ3v) is 4.09. The number of aliphatic carboxylic acids is 1. The number of carbonyl (C=O) groups excluding carboxylic acids is 1. The summed E-state index contributed by atoms with van der Waals surface area (Å²) in [7, 11) is 0. The fourth-order valence-electron chi connectivity index (χ4n) is 2.74. The number of fused-ring (bicyclic) bond motifs is 2. The molecule has 1 aliphatic heterocycles. The summed E-state index contributed by atoms with van der Waals surface area (Å²) in [4.78, 5) is 24.8. The second-order valence-electron chi connectivity index (χ2n) is 5.28. The number of para-hydroxylation sites is 1. The van der Waals surface area contributed by atoms with Gasteiger partial charge in [0.05, 0.1) is 0 Å². The Bertz CT molecular complexity index is 534. The molecule has 94 valence electrons. The van der Waals surface area contributed by atoms with Gasteiger partial charge in [-0.3, -0.25) is 9.59 Å². The van der Waals surface area contributed by atoms with Crippen molar-refractivity contribution >= 4 is 17.6 Å². The lowest BCUT2D eigenvalue weighted by molar-refractivity contribution is -0.145. The predicted octanol–water partition coefficient (Wildman–Crippen LogP) is 1.79. The van der Waals surface area contributed by atoms with E-state index in [1.165, 1.54) is 12.5 Å².